The monoisotopic (exact) mass is 609 g/mol. The number of benzene rings is 5. The van der Waals surface area contributed by atoms with E-state index >= 15 is 0 Å². The fourth-order valence-corrected chi connectivity index (χ4v) is 11.7. The zero-order valence-electron chi connectivity index (χ0n) is 26.2. The highest BCUT2D eigenvalue weighted by atomic mass is 31.1. The molecule has 1 aliphatic rings. The van der Waals surface area contributed by atoms with Crippen molar-refractivity contribution in [2.45, 2.75) is 33.8 Å². The zero-order valence-corrected chi connectivity index (χ0v) is 27.9. The summed E-state index contributed by atoms with van der Waals surface area (Å²) < 4.78 is 6.52. The van der Waals surface area contributed by atoms with E-state index in [9.17, 15) is 0 Å². The Morgan fingerprint density at radius 2 is 0.977 bits per heavy atom. The van der Waals surface area contributed by atoms with Gasteiger partial charge in [0.05, 0.1) is 6.10 Å². The van der Waals surface area contributed by atoms with Crippen molar-refractivity contribution in [1.82, 2.24) is 0 Å². The molecule has 5 radical (unpaired) electrons. The summed E-state index contributed by atoms with van der Waals surface area (Å²) >= 11 is 0. The summed E-state index contributed by atoms with van der Waals surface area (Å²) in [5.41, 5.74) is 7.80. The summed E-state index contributed by atoms with van der Waals surface area (Å²) in [6.45, 7) is 8.84. The highest BCUT2D eigenvalue weighted by Crippen LogP contribution is 2.60. The first-order valence-corrected chi connectivity index (χ1v) is 17.9. The molecule has 0 saturated heterocycles. The molecular weight excluding hydrogens is 570 g/mol. The van der Waals surface area contributed by atoms with Gasteiger partial charge in [0.25, 0.3) is 0 Å². The predicted octanol–water partition coefficient (Wildman–Crippen LogP) is 8.23. The second kappa shape index (κ2) is 13.9. The van der Waals surface area contributed by atoms with E-state index in [0.717, 1.165) is 0 Å². The molecule has 1 saturated carbocycles. The molecule has 5 aromatic carbocycles. The van der Waals surface area contributed by atoms with Gasteiger partial charge < -0.3 is 4.74 Å². The van der Waals surface area contributed by atoms with Crippen molar-refractivity contribution in [1.29, 1.82) is 0 Å². The quantitative estimate of drug-likeness (QED) is 0.153. The summed E-state index contributed by atoms with van der Waals surface area (Å²) in [5.74, 6) is 1.25. The van der Waals surface area contributed by atoms with Gasteiger partial charge >= 0.3 is 0 Å². The second-order valence-electron chi connectivity index (χ2n) is 11.6. The van der Waals surface area contributed by atoms with Crippen LogP contribution in [0.3, 0.4) is 0 Å². The van der Waals surface area contributed by atoms with Crippen LogP contribution in [0.25, 0.3) is 0 Å². The Morgan fingerprint density at radius 1 is 0.500 bits per heavy atom. The van der Waals surface area contributed by atoms with Crippen molar-refractivity contribution >= 4 is 42.4 Å². The molecule has 0 spiro atoms. The molecule has 0 amide bonds. The predicted molar refractivity (Wildman–Crippen MR) is 192 cm³/mol. The van der Waals surface area contributed by atoms with Crippen molar-refractivity contribution < 1.29 is 4.74 Å². The Bertz CT molecular complexity index is 1570. The van der Waals surface area contributed by atoms with Gasteiger partial charge in [0, 0.05) is 18.7 Å². The van der Waals surface area contributed by atoms with Gasteiger partial charge in [0.2, 0.25) is 0 Å². The average Bonchev–Trinajstić information content (AvgIpc) is 3.47. The van der Waals surface area contributed by atoms with E-state index in [4.69, 9.17) is 4.74 Å². The maximum atomic E-state index is 6.52. The third-order valence-electron chi connectivity index (χ3n) is 8.00. The van der Waals surface area contributed by atoms with Gasteiger partial charge in [-0.25, -0.2) is 0 Å². The molecule has 1 nitrogen and oxygen atoms in total. The summed E-state index contributed by atoms with van der Waals surface area (Å²) in [4.78, 5) is 0. The molecule has 1 atom stereocenters. The molecule has 0 N–H and O–H groups in total. The van der Waals surface area contributed by atoms with E-state index in [0.29, 0.717) is 0 Å². The van der Waals surface area contributed by atoms with Crippen LogP contribution in [0.5, 0.6) is 0 Å². The summed E-state index contributed by atoms with van der Waals surface area (Å²) in [6.07, 6.45) is 6.64. The van der Waals surface area contributed by atoms with E-state index in [1.165, 1.54) is 65.9 Å². The molecule has 0 unspecified atom stereocenters. The first-order valence-electron chi connectivity index (χ1n) is 15.2. The molecule has 0 aliphatic heterocycles. The molecule has 3 heteroatoms. The van der Waals surface area contributed by atoms with Crippen LogP contribution in [0.2, 0.25) is 0 Å². The zero-order chi connectivity index (χ0) is 30.6. The normalized spacial score (nSPS) is 14.9. The molecule has 5 aromatic rings. The van der Waals surface area contributed by atoms with Crippen molar-refractivity contribution in [2.75, 3.05) is 7.11 Å². The average molecular weight is 610 g/mol. The molecule has 44 heavy (non-hydrogen) atoms. The summed E-state index contributed by atoms with van der Waals surface area (Å²) in [6, 6.07) is 44.9. The summed E-state index contributed by atoms with van der Waals surface area (Å²) in [7, 11) is 0.267. The van der Waals surface area contributed by atoms with Crippen LogP contribution in [0.4, 0.5) is 0 Å². The largest absolute Gasteiger partial charge is 0.376 e. The van der Waals surface area contributed by atoms with Gasteiger partial charge in [-0.1, -0.05) is 144 Å². The van der Waals surface area contributed by atoms with Crippen LogP contribution in [-0.4, -0.2) is 7.11 Å². The molecule has 1 fully saturated rings. The Kier molecular flexibility index (Phi) is 9.78. The number of hydrogen-bond acceptors (Lipinski definition) is 1. The first kappa shape index (κ1) is 30.9. The lowest BCUT2D eigenvalue weighted by Crippen LogP contribution is -2.29. The maximum absolute atomic E-state index is 6.52. The summed E-state index contributed by atoms with van der Waals surface area (Å²) in [5, 5.41) is 6.78. The Morgan fingerprint density at radius 3 is 1.48 bits per heavy atom. The van der Waals surface area contributed by atoms with E-state index in [-0.39, 0.29) is 6.10 Å². The fraction of sp³-hybridized carbons (Fsp3) is 0.146. The second-order valence-corrected chi connectivity index (χ2v) is 15.9. The minimum absolute atomic E-state index is 0.199. The highest BCUT2D eigenvalue weighted by Gasteiger charge is 2.43. The lowest BCUT2D eigenvalue weighted by molar-refractivity contribution is 0.121. The van der Waals surface area contributed by atoms with Crippen molar-refractivity contribution in [3.63, 3.8) is 0 Å². The molecular formula is C41H39OP2. The van der Waals surface area contributed by atoms with Crippen molar-refractivity contribution in [2.24, 2.45) is 0 Å². The molecule has 6 rings (SSSR count). The maximum Gasteiger partial charge on any atom is 0.0902 e. The molecule has 219 valence electrons. The van der Waals surface area contributed by atoms with Crippen LogP contribution in [0.15, 0.2) is 121 Å². The number of aryl methyl sites for hydroxylation is 4. The number of hydrogen-bond donors (Lipinski definition) is 0. The van der Waals surface area contributed by atoms with Gasteiger partial charge in [0.1, 0.15) is 0 Å². The van der Waals surface area contributed by atoms with Crippen molar-refractivity contribution in [3.05, 3.63) is 180 Å². The van der Waals surface area contributed by atoms with Gasteiger partial charge in [-0.15, -0.1) is 0 Å². The van der Waals surface area contributed by atoms with Crippen LogP contribution in [-0.2, 0) is 4.74 Å². The van der Waals surface area contributed by atoms with Gasteiger partial charge in [-0.05, 0) is 94.9 Å². The Labute approximate surface area is 267 Å². The van der Waals surface area contributed by atoms with Crippen LogP contribution in [0.1, 0.15) is 33.9 Å². The standard InChI is InChI=1S/C41H39OP2/c1-29-23-30(2)26-35(25-29)44(36-27-31(3)24-32(4)28-36)40-22-14-20-38(40)41(42-5)37-19-12-13-21-39(37)43(33-15-8-6-9-16-33)34-17-10-7-11-18-34/h6-28,41H,1-5H3/t41-/m0/s1. The van der Waals surface area contributed by atoms with Gasteiger partial charge in [-0.2, -0.15) is 0 Å². The minimum atomic E-state index is -0.810. The SMILES string of the molecule is CO[C@H]([C]1[CH][CH][CH][C]1P(c1cc(C)cc(C)c1)c1cc(C)cc(C)c1)c1ccccc1P(c1ccccc1)c1ccccc1. The van der Waals surface area contributed by atoms with E-state index in [1.807, 2.05) is 7.11 Å². The van der Waals surface area contributed by atoms with Crippen LogP contribution < -0.4 is 26.5 Å². The lowest BCUT2D eigenvalue weighted by atomic mass is 9.94. The number of ether oxygens (including phenoxy) is 1. The lowest BCUT2D eigenvalue weighted by Gasteiger charge is -2.35. The molecule has 0 bridgehead atoms. The topological polar surface area (TPSA) is 9.23 Å². The Balaban J connectivity index is 1.47. The van der Waals surface area contributed by atoms with E-state index in [2.05, 4.69) is 168 Å². The highest BCUT2D eigenvalue weighted by molar-refractivity contribution is 7.80. The minimum Gasteiger partial charge on any atom is -0.376 e. The molecule has 0 aromatic heterocycles. The van der Waals surface area contributed by atoms with Gasteiger partial charge in [-0.3, -0.25) is 0 Å². The third kappa shape index (κ3) is 6.62. The van der Waals surface area contributed by atoms with Gasteiger partial charge in [0.15, 0.2) is 0 Å². The van der Waals surface area contributed by atoms with Crippen molar-refractivity contribution in [3.8, 4) is 0 Å². The van der Waals surface area contributed by atoms with Crippen LogP contribution in [0, 0.1) is 58.5 Å². The van der Waals surface area contributed by atoms with E-state index < -0.39 is 15.8 Å². The number of rotatable bonds is 9. The smallest absolute Gasteiger partial charge is 0.0902 e. The third-order valence-corrected chi connectivity index (χ3v) is 13.0. The number of methoxy groups -OCH3 is 1. The van der Waals surface area contributed by atoms with E-state index in [1.54, 1.807) is 0 Å². The molecule has 1 aliphatic carbocycles. The fourth-order valence-electron chi connectivity index (χ4n) is 6.35. The Hall–Kier alpha value is -3.08. The van der Waals surface area contributed by atoms with Crippen LogP contribution >= 0.6 is 15.8 Å². The first-order chi connectivity index (χ1) is 21.4. The molecule has 0 heterocycles.